The van der Waals surface area contributed by atoms with Crippen LogP contribution in [0.25, 0.3) is 0 Å². The lowest BCUT2D eigenvalue weighted by atomic mass is 9.94. The third-order valence-electron chi connectivity index (χ3n) is 4.40. The number of rotatable bonds is 7. The van der Waals surface area contributed by atoms with E-state index in [9.17, 15) is 4.79 Å². The second-order valence-corrected chi connectivity index (χ2v) is 6.28. The Hall–Kier alpha value is -3.27. The van der Waals surface area contributed by atoms with Crippen LogP contribution in [0.3, 0.4) is 0 Å². The van der Waals surface area contributed by atoms with E-state index in [1.54, 1.807) is 19.2 Å². The third kappa shape index (κ3) is 4.88. The van der Waals surface area contributed by atoms with Crippen LogP contribution < -0.4 is 14.8 Å². The summed E-state index contributed by atoms with van der Waals surface area (Å²) in [6.07, 6.45) is 0. The maximum absolute atomic E-state index is 12.8. The fourth-order valence-electron chi connectivity index (χ4n) is 2.86. The number of anilines is 1. The first-order chi connectivity index (χ1) is 13.2. The van der Waals surface area contributed by atoms with Gasteiger partial charge in [-0.25, -0.2) is 0 Å². The zero-order valence-corrected chi connectivity index (χ0v) is 15.5. The highest BCUT2D eigenvalue weighted by Crippen LogP contribution is 2.29. The number of benzene rings is 3. The molecule has 4 nitrogen and oxygen atoms in total. The lowest BCUT2D eigenvalue weighted by molar-refractivity contribution is -0.138. The van der Waals surface area contributed by atoms with Crippen molar-refractivity contribution in [1.82, 2.24) is 0 Å². The van der Waals surface area contributed by atoms with E-state index in [0.29, 0.717) is 5.75 Å². The Morgan fingerprint density at radius 3 is 2.00 bits per heavy atom. The minimum absolute atomic E-state index is 0.241. The average molecular weight is 361 g/mol. The molecule has 0 aromatic heterocycles. The van der Waals surface area contributed by atoms with Gasteiger partial charge in [0, 0.05) is 5.69 Å². The van der Waals surface area contributed by atoms with Gasteiger partial charge in [0.1, 0.15) is 11.5 Å². The van der Waals surface area contributed by atoms with Crippen LogP contribution in [-0.4, -0.2) is 13.1 Å². The molecule has 4 heteroatoms. The molecule has 0 spiro atoms. The molecule has 3 rings (SSSR count). The summed E-state index contributed by atoms with van der Waals surface area (Å²) in [4.78, 5) is 12.8. The number of carbonyl (C=O) groups is 1. The summed E-state index contributed by atoms with van der Waals surface area (Å²) in [6.45, 7) is 1.87. The molecule has 0 saturated heterocycles. The van der Waals surface area contributed by atoms with Gasteiger partial charge in [0.05, 0.1) is 19.1 Å². The summed E-state index contributed by atoms with van der Waals surface area (Å²) in [5, 5.41) is 3.46. The normalized spacial score (nSPS) is 12.7. The van der Waals surface area contributed by atoms with Crippen LogP contribution in [0.4, 0.5) is 5.69 Å². The maximum atomic E-state index is 12.8. The quantitative estimate of drug-likeness (QED) is 0.470. The van der Waals surface area contributed by atoms with Crippen LogP contribution in [0.15, 0.2) is 84.9 Å². The molecule has 1 N–H and O–H groups in total. The molecule has 0 amide bonds. The van der Waals surface area contributed by atoms with Gasteiger partial charge in [-0.1, -0.05) is 48.5 Å². The summed E-state index contributed by atoms with van der Waals surface area (Å²) >= 11 is 0. The molecule has 3 aromatic rings. The summed E-state index contributed by atoms with van der Waals surface area (Å²) in [6, 6.07) is 26.4. The molecule has 27 heavy (non-hydrogen) atoms. The van der Waals surface area contributed by atoms with Crippen LogP contribution in [0, 0.1) is 5.92 Å². The number of para-hydroxylation sites is 2. The van der Waals surface area contributed by atoms with Crippen LogP contribution in [0.1, 0.15) is 18.5 Å². The highest BCUT2D eigenvalue weighted by atomic mass is 16.5. The minimum Gasteiger partial charge on any atom is -0.497 e. The van der Waals surface area contributed by atoms with E-state index in [4.69, 9.17) is 9.47 Å². The van der Waals surface area contributed by atoms with Gasteiger partial charge in [0.15, 0.2) is 0 Å². The summed E-state index contributed by atoms with van der Waals surface area (Å²) < 4.78 is 10.8. The fourth-order valence-corrected chi connectivity index (χ4v) is 2.86. The minimum atomic E-state index is -0.404. The van der Waals surface area contributed by atoms with E-state index in [1.807, 2.05) is 79.7 Å². The predicted molar refractivity (Wildman–Crippen MR) is 107 cm³/mol. The second-order valence-electron chi connectivity index (χ2n) is 6.28. The van der Waals surface area contributed by atoms with Crippen molar-refractivity contribution in [2.75, 3.05) is 12.4 Å². The Kier molecular flexibility index (Phi) is 6.10. The van der Waals surface area contributed by atoms with Crippen molar-refractivity contribution in [1.29, 1.82) is 0 Å². The van der Waals surface area contributed by atoms with E-state index in [-0.39, 0.29) is 12.0 Å². The lowest BCUT2D eigenvalue weighted by Crippen LogP contribution is -2.28. The van der Waals surface area contributed by atoms with Crippen molar-refractivity contribution in [2.24, 2.45) is 5.92 Å². The van der Waals surface area contributed by atoms with Crippen LogP contribution in [-0.2, 0) is 4.79 Å². The largest absolute Gasteiger partial charge is 0.497 e. The molecule has 3 aromatic carbocycles. The summed E-state index contributed by atoms with van der Waals surface area (Å²) in [5.74, 6) is 0.628. The van der Waals surface area contributed by atoms with Crippen molar-refractivity contribution in [3.05, 3.63) is 90.5 Å². The average Bonchev–Trinajstić information content (AvgIpc) is 2.73. The van der Waals surface area contributed by atoms with Gasteiger partial charge in [-0.2, -0.15) is 0 Å². The third-order valence-corrected chi connectivity index (χ3v) is 4.40. The van der Waals surface area contributed by atoms with Crippen LogP contribution >= 0.6 is 0 Å². The molecule has 0 fully saturated rings. The summed E-state index contributed by atoms with van der Waals surface area (Å²) in [5.41, 5.74) is 1.93. The number of methoxy groups -OCH3 is 1. The monoisotopic (exact) mass is 361 g/mol. The number of hydrogen-bond donors (Lipinski definition) is 1. The molecule has 0 heterocycles. The molecule has 0 radical (unpaired) electrons. The Morgan fingerprint density at radius 2 is 1.41 bits per heavy atom. The Balaban J connectivity index is 1.84. The van der Waals surface area contributed by atoms with Crippen molar-refractivity contribution >= 4 is 11.7 Å². The highest BCUT2D eigenvalue weighted by Gasteiger charge is 2.27. The molecule has 0 saturated carbocycles. The van der Waals surface area contributed by atoms with E-state index < -0.39 is 5.92 Å². The van der Waals surface area contributed by atoms with Crippen LogP contribution in [0.5, 0.6) is 11.5 Å². The van der Waals surface area contributed by atoms with Crippen LogP contribution in [0.2, 0.25) is 0 Å². The van der Waals surface area contributed by atoms with Crippen molar-refractivity contribution in [3.8, 4) is 11.5 Å². The van der Waals surface area contributed by atoms with Crippen molar-refractivity contribution in [3.63, 3.8) is 0 Å². The van der Waals surface area contributed by atoms with Gasteiger partial charge in [-0.15, -0.1) is 0 Å². The summed E-state index contributed by atoms with van der Waals surface area (Å²) in [7, 11) is 1.63. The lowest BCUT2D eigenvalue weighted by Gasteiger charge is -2.25. The number of hydrogen-bond acceptors (Lipinski definition) is 4. The molecule has 0 aliphatic rings. The Morgan fingerprint density at radius 1 is 0.815 bits per heavy atom. The molecule has 0 bridgehead atoms. The molecular weight excluding hydrogens is 338 g/mol. The number of ether oxygens (including phenoxy) is 2. The van der Waals surface area contributed by atoms with Gasteiger partial charge in [-0.3, -0.25) is 4.79 Å². The van der Waals surface area contributed by atoms with Gasteiger partial charge in [0.2, 0.25) is 0 Å². The molecule has 0 unspecified atom stereocenters. The van der Waals surface area contributed by atoms with Gasteiger partial charge >= 0.3 is 5.97 Å². The molecule has 2 atom stereocenters. The fraction of sp³-hybridized carbons (Fsp3) is 0.174. The Bertz CT molecular complexity index is 848. The zero-order chi connectivity index (χ0) is 19.1. The number of esters is 1. The SMILES string of the molecule is COc1ccc([C@@H](Nc2ccccc2)[C@H](C)C(=O)Oc2ccccc2)cc1. The Labute approximate surface area is 159 Å². The maximum Gasteiger partial charge on any atom is 0.316 e. The predicted octanol–water partition coefficient (Wildman–Crippen LogP) is 5.09. The molecule has 0 aliphatic heterocycles. The van der Waals surface area contributed by atoms with E-state index in [0.717, 1.165) is 17.0 Å². The number of nitrogens with one attached hydrogen (secondary N) is 1. The smallest absolute Gasteiger partial charge is 0.316 e. The first-order valence-electron chi connectivity index (χ1n) is 8.89. The number of carbonyl (C=O) groups excluding carboxylic acids is 1. The molecular formula is C23H23NO3. The van der Waals surface area contributed by atoms with Gasteiger partial charge in [-0.05, 0) is 48.9 Å². The van der Waals surface area contributed by atoms with Crippen molar-refractivity contribution in [2.45, 2.75) is 13.0 Å². The van der Waals surface area contributed by atoms with Gasteiger partial charge in [0.25, 0.3) is 0 Å². The van der Waals surface area contributed by atoms with E-state index in [2.05, 4.69) is 5.32 Å². The molecule has 138 valence electrons. The highest BCUT2D eigenvalue weighted by molar-refractivity contribution is 5.76. The molecule has 0 aliphatic carbocycles. The first kappa shape index (κ1) is 18.5. The topological polar surface area (TPSA) is 47.6 Å². The van der Waals surface area contributed by atoms with E-state index in [1.165, 1.54) is 0 Å². The van der Waals surface area contributed by atoms with E-state index >= 15 is 0 Å². The van der Waals surface area contributed by atoms with Crippen molar-refractivity contribution < 1.29 is 14.3 Å². The standard InChI is InChI=1S/C23H23NO3/c1-17(23(25)27-21-11-7-4-8-12-21)22(24-19-9-5-3-6-10-19)18-13-15-20(26-2)16-14-18/h3-17,22,24H,1-2H3/t17-,22-/m0/s1. The second kappa shape index (κ2) is 8.90. The first-order valence-corrected chi connectivity index (χ1v) is 8.89. The zero-order valence-electron chi connectivity index (χ0n) is 15.5. The van der Waals surface area contributed by atoms with Gasteiger partial charge < -0.3 is 14.8 Å².